The van der Waals surface area contributed by atoms with Gasteiger partial charge < -0.3 is 14.2 Å². The summed E-state index contributed by atoms with van der Waals surface area (Å²) in [5.74, 6) is -0.948. The van der Waals surface area contributed by atoms with Crippen molar-refractivity contribution < 1.29 is 28.6 Å². The molecule has 1 atom stereocenters. The minimum atomic E-state index is -0.786. The SMILES string of the molecule is CC/C=C\C/C=C\C/C=C\CCCCC(=O)OCC(COC(=O)CCCCCCCCCCC)OC(=O)CCCCCCC/C=C\CCCC. The zero-order chi connectivity index (χ0) is 36.6. The van der Waals surface area contributed by atoms with Gasteiger partial charge in [0, 0.05) is 19.3 Å². The molecular formula is C44H76O6. The maximum atomic E-state index is 12.6. The molecule has 0 aromatic rings. The average molecular weight is 701 g/mol. The Morgan fingerprint density at radius 1 is 0.420 bits per heavy atom. The van der Waals surface area contributed by atoms with E-state index in [2.05, 4.69) is 69.4 Å². The fourth-order valence-electron chi connectivity index (χ4n) is 5.43. The minimum Gasteiger partial charge on any atom is -0.462 e. The fraction of sp³-hybridized carbons (Fsp3) is 0.750. The molecule has 0 aromatic carbocycles. The second-order valence-corrected chi connectivity index (χ2v) is 13.5. The van der Waals surface area contributed by atoms with E-state index < -0.39 is 6.10 Å². The summed E-state index contributed by atoms with van der Waals surface area (Å²) < 4.78 is 16.6. The van der Waals surface area contributed by atoms with Gasteiger partial charge in [0.25, 0.3) is 0 Å². The van der Waals surface area contributed by atoms with E-state index in [-0.39, 0.29) is 31.1 Å². The number of ether oxygens (including phenoxy) is 3. The van der Waals surface area contributed by atoms with E-state index in [1.165, 1.54) is 64.2 Å². The van der Waals surface area contributed by atoms with Crippen LogP contribution in [0.2, 0.25) is 0 Å². The minimum absolute atomic E-state index is 0.0881. The molecule has 1 unspecified atom stereocenters. The number of hydrogen-bond acceptors (Lipinski definition) is 6. The number of hydrogen-bond donors (Lipinski definition) is 0. The lowest BCUT2D eigenvalue weighted by molar-refractivity contribution is -0.167. The van der Waals surface area contributed by atoms with Crippen molar-refractivity contribution in [2.45, 2.75) is 200 Å². The van der Waals surface area contributed by atoms with Crippen LogP contribution in [0.5, 0.6) is 0 Å². The van der Waals surface area contributed by atoms with Gasteiger partial charge in [-0.05, 0) is 70.6 Å². The molecule has 288 valence electrons. The Kier molecular flexibility index (Phi) is 37.1. The Labute approximate surface area is 307 Å². The molecule has 0 saturated heterocycles. The van der Waals surface area contributed by atoms with Crippen LogP contribution in [0.15, 0.2) is 48.6 Å². The Bertz CT molecular complexity index is 902. The molecule has 50 heavy (non-hydrogen) atoms. The first-order chi connectivity index (χ1) is 24.5. The molecule has 0 fully saturated rings. The highest BCUT2D eigenvalue weighted by atomic mass is 16.6. The molecular weight excluding hydrogens is 624 g/mol. The molecule has 0 aliphatic rings. The highest BCUT2D eigenvalue weighted by Gasteiger charge is 2.19. The Morgan fingerprint density at radius 3 is 1.34 bits per heavy atom. The van der Waals surface area contributed by atoms with Gasteiger partial charge in [0.2, 0.25) is 0 Å². The molecule has 0 aliphatic heterocycles. The smallest absolute Gasteiger partial charge is 0.306 e. The molecule has 6 nitrogen and oxygen atoms in total. The van der Waals surface area contributed by atoms with Crippen LogP contribution in [0.3, 0.4) is 0 Å². The van der Waals surface area contributed by atoms with Crippen LogP contribution in [0, 0.1) is 0 Å². The number of carbonyl (C=O) groups is 3. The van der Waals surface area contributed by atoms with Crippen LogP contribution in [0.4, 0.5) is 0 Å². The van der Waals surface area contributed by atoms with Gasteiger partial charge in [-0.2, -0.15) is 0 Å². The van der Waals surface area contributed by atoms with E-state index in [4.69, 9.17) is 14.2 Å². The van der Waals surface area contributed by atoms with Crippen molar-refractivity contribution >= 4 is 17.9 Å². The van der Waals surface area contributed by atoms with Gasteiger partial charge in [-0.1, -0.05) is 153 Å². The van der Waals surface area contributed by atoms with E-state index in [9.17, 15) is 14.4 Å². The summed E-state index contributed by atoms with van der Waals surface area (Å²) in [6, 6.07) is 0. The number of esters is 3. The maximum Gasteiger partial charge on any atom is 0.306 e. The maximum absolute atomic E-state index is 12.6. The van der Waals surface area contributed by atoms with E-state index in [0.29, 0.717) is 19.3 Å². The summed E-state index contributed by atoms with van der Waals surface area (Å²) in [5.41, 5.74) is 0. The first-order valence-electron chi connectivity index (χ1n) is 20.6. The topological polar surface area (TPSA) is 78.9 Å². The third-order valence-electron chi connectivity index (χ3n) is 8.57. The Balaban J connectivity index is 4.45. The molecule has 6 heteroatoms. The van der Waals surface area contributed by atoms with Crippen molar-refractivity contribution in [2.24, 2.45) is 0 Å². The summed E-state index contributed by atoms with van der Waals surface area (Å²) in [4.78, 5) is 37.5. The lowest BCUT2D eigenvalue weighted by atomic mass is 10.1. The molecule has 0 radical (unpaired) electrons. The Morgan fingerprint density at radius 2 is 0.800 bits per heavy atom. The quantitative estimate of drug-likeness (QED) is 0.0280. The van der Waals surface area contributed by atoms with Crippen molar-refractivity contribution in [1.82, 2.24) is 0 Å². The highest BCUT2D eigenvalue weighted by molar-refractivity contribution is 5.71. The fourth-order valence-corrected chi connectivity index (χ4v) is 5.43. The molecule has 0 amide bonds. The normalized spacial score (nSPS) is 12.5. The average Bonchev–Trinajstić information content (AvgIpc) is 3.11. The summed E-state index contributed by atoms with van der Waals surface area (Å²) >= 11 is 0. The van der Waals surface area contributed by atoms with Crippen LogP contribution in [0.25, 0.3) is 0 Å². The van der Waals surface area contributed by atoms with Gasteiger partial charge >= 0.3 is 17.9 Å². The Hall–Kier alpha value is -2.63. The van der Waals surface area contributed by atoms with Crippen molar-refractivity contribution in [1.29, 1.82) is 0 Å². The number of unbranched alkanes of at least 4 members (excludes halogenated alkanes) is 17. The van der Waals surface area contributed by atoms with E-state index >= 15 is 0 Å². The lowest BCUT2D eigenvalue weighted by Crippen LogP contribution is -2.30. The summed E-state index contributed by atoms with van der Waals surface area (Å²) in [6.45, 7) is 6.39. The molecule has 0 bridgehead atoms. The van der Waals surface area contributed by atoms with E-state index in [0.717, 1.165) is 89.9 Å². The van der Waals surface area contributed by atoms with Gasteiger partial charge in [0.1, 0.15) is 13.2 Å². The summed E-state index contributed by atoms with van der Waals surface area (Å²) in [7, 11) is 0. The lowest BCUT2D eigenvalue weighted by Gasteiger charge is -2.18. The first kappa shape index (κ1) is 47.4. The predicted octanol–water partition coefficient (Wildman–Crippen LogP) is 12.8. The van der Waals surface area contributed by atoms with Crippen LogP contribution in [-0.4, -0.2) is 37.2 Å². The predicted molar refractivity (Wildman–Crippen MR) is 210 cm³/mol. The largest absolute Gasteiger partial charge is 0.462 e. The number of rotatable bonds is 36. The van der Waals surface area contributed by atoms with Gasteiger partial charge in [-0.15, -0.1) is 0 Å². The standard InChI is InChI=1S/C44H76O6/c1-4-7-10-13-16-19-21-23-25-28-31-34-37-43(46)49-40-41(39-48-42(45)36-33-30-27-24-18-15-12-9-6-3)50-44(47)38-35-32-29-26-22-20-17-14-11-8-5-2/h7,10,14,16-17,19,23,25,41H,4-6,8-9,11-13,15,18,20-22,24,26-40H2,1-3H3/b10-7-,17-14-,19-16-,25-23-. The van der Waals surface area contributed by atoms with Crippen molar-refractivity contribution in [3.63, 3.8) is 0 Å². The monoisotopic (exact) mass is 701 g/mol. The summed E-state index contributed by atoms with van der Waals surface area (Å²) in [6.07, 6.45) is 43.8. The van der Waals surface area contributed by atoms with Crippen molar-refractivity contribution in [3.05, 3.63) is 48.6 Å². The zero-order valence-corrected chi connectivity index (χ0v) is 32.7. The molecule has 0 spiro atoms. The molecule has 0 aromatic heterocycles. The van der Waals surface area contributed by atoms with Crippen LogP contribution < -0.4 is 0 Å². The second kappa shape index (κ2) is 39.2. The number of allylic oxidation sites excluding steroid dienone is 8. The van der Waals surface area contributed by atoms with E-state index in [1.54, 1.807) is 0 Å². The van der Waals surface area contributed by atoms with Gasteiger partial charge in [-0.25, -0.2) is 0 Å². The molecule has 0 N–H and O–H groups in total. The van der Waals surface area contributed by atoms with Gasteiger partial charge in [0.05, 0.1) is 0 Å². The van der Waals surface area contributed by atoms with Crippen LogP contribution in [0.1, 0.15) is 194 Å². The molecule has 0 saturated carbocycles. The van der Waals surface area contributed by atoms with E-state index in [1.807, 2.05) is 0 Å². The molecule has 0 rings (SSSR count). The third kappa shape index (κ3) is 36.6. The summed E-state index contributed by atoms with van der Waals surface area (Å²) in [5, 5.41) is 0. The third-order valence-corrected chi connectivity index (χ3v) is 8.57. The van der Waals surface area contributed by atoms with Crippen molar-refractivity contribution in [3.8, 4) is 0 Å². The number of carbonyl (C=O) groups excluding carboxylic acids is 3. The molecule has 0 heterocycles. The highest BCUT2D eigenvalue weighted by Crippen LogP contribution is 2.13. The van der Waals surface area contributed by atoms with Crippen LogP contribution >= 0.6 is 0 Å². The first-order valence-corrected chi connectivity index (χ1v) is 20.6. The van der Waals surface area contributed by atoms with Gasteiger partial charge in [0.15, 0.2) is 6.10 Å². The van der Waals surface area contributed by atoms with Crippen molar-refractivity contribution in [2.75, 3.05) is 13.2 Å². The second-order valence-electron chi connectivity index (χ2n) is 13.5. The molecule has 0 aliphatic carbocycles. The van der Waals surface area contributed by atoms with Gasteiger partial charge in [-0.3, -0.25) is 14.4 Å². The zero-order valence-electron chi connectivity index (χ0n) is 32.7. The van der Waals surface area contributed by atoms with Crippen LogP contribution in [-0.2, 0) is 28.6 Å².